The lowest BCUT2D eigenvalue weighted by molar-refractivity contribution is -0.119. The second kappa shape index (κ2) is 8.60. The number of likely N-dealkylation sites (N-methyl/N-ethyl adjacent to an activating group) is 1. The molecule has 0 spiro atoms. The second-order valence-electron chi connectivity index (χ2n) is 5.90. The minimum absolute atomic E-state index is 0.0739. The zero-order valence-corrected chi connectivity index (χ0v) is 15.2. The molecule has 2 rings (SSSR count). The molecule has 132 valence electrons. The van der Waals surface area contributed by atoms with Gasteiger partial charge >= 0.3 is 0 Å². The smallest absolute Gasteiger partial charge is 0.239 e. The number of anilines is 2. The maximum atomic E-state index is 12.2. The summed E-state index contributed by atoms with van der Waals surface area (Å²) in [5.74, 6) is -0.00250. The van der Waals surface area contributed by atoms with Gasteiger partial charge in [-0.15, -0.1) is 0 Å². The van der Waals surface area contributed by atoms with Gasteiger partial charge in [0, 0.05) is 11.9 Å². The third kappa shape index (κ3) is 5.85. The number of pyridine rings is 1. The Kier molecular flexibility index (Phi) is 6.50. The number of halogens is 1. The van der Waals surface area contributed by atoms with Crippen molar-refractivity contribution in [3.05, 3.63) is 52.7 Å². The summed E-state index contributed by atoms with van der Waals surface area (Å²) in [5.41, 5.74) is 2.82. The van der Waals surface area contributed by atoms with E-state index in [1.165, 1.54) is 6.20 Å². The first-order valence-corrected chi connectivity index (χ1v) is 8.19. The number of benzene rings is 1. The van der Waals surface area contributed by atoms with E-state index in [-0.39, 0.29) is 24.9 Å². The Balaban J connectivity index is 1.84. The van der Waals surface area contributed by atoms with E-state index >= 15 is 0 Å². The van der Waals surface area contributed by atoms with Crippen LogP contribution in [0.25, 0.3) is 0 Å². The van der Waals surface area contributed by atoms with E-state index in [4.69, 9.17) is 11.6 Å². The second-order valence-corrected chi connectivity index (χ2v) is 6.33. The standard InChI is InChI=1S/C18H21ClN4O2/c1-12-5-4-6-13(2)18(12)22-17(25)11-23(3)10-16(24)21-15-8-7-14(19)9-20-15/h4-9H,10-11H2,1-3H3,(H,22,25)(H,20,21,24). The van der Waals surface area contributed by atoms with Crippen molar-refractivity contribution in [1.29, 1.82) is 0 Å². The Bertz CT molecular complexity index is 742. The Labute approximate surface area is 152 Å². The molecule has 0 saturated carbocycles. The molecule has 0 radical (unpaired) electrons. The summed E-state index contributed by atoms with van der Waals surface area (Å²) >= 11 is 5.75. The number of carbonyl (C=O) groups is 2. The van der Waals surface area contributed by atoms with Crippen molar-refractivity contribution in [3.8, 4) is 0 Å². The minimum atomic E-state index is -0.253. The van der Waals surface area contributed by atoms with Crippen molar-refractivity contribution in [2.75, 3.05) is 30.8 Å². The fourth-order valence-electron chi connectivity index (χ4n) is 2.37. The molecule has 0 bridgehead atoms. The maximum Gasteiger partial charge on any atom is 0.239 e. The van der Waals surface area contributed by atoms with Gasteiger partial charge in [-0.05, 0) is 44.2 Å². The number of aromatic nitrogens is 1. The Morgan fingerprint density at radius 3 is 2.20 bits per heavy atom. The topological polar surface area (TPSA) is 74.3 Å². The first kappa shape index (κ1) is 18.9. The first-order valence-electron chi connectivity index (χ1n) is 7.81. The molecular weight excluding hydrogens is 340 g/mol. The molecule has 6 nitrogen and oxygen atoms in total. The molecule has 1 aromatic heterocycles. The van der Waals surface area contributed by atoms with E-state index in [0.717, 1.165) is 16.8 Å². The predicted molar refractivity (Wildman–Crippen MR) is 99.9 cm³/mol. The fourth-order valence-corrected chi connectivity index (χ4v) is 2.48. The number of carbonyl (C=O) groups excluding carboxylic acids is 2. The van der Waals surface area contributed by atoms with Crippen molar-refractivity contribution >= 4 is 34.9 Å². The first-order chi connectivity index (χ1) is 11.8. The van der Waals surface area contributed by atoms with E-state index in [0.29, 0.717) is 10.8 Å². The molecule has 0 saturated heterocycles. The van der Waals surface area contributed by atoms with Gasteiger partial charge < -0.3 is 10.6 Å². The van der Waals surface area contributed by atoms with Crippen molar-refractivity contribution in [2.45, 2.75) is 13.8 Å². The quantitative estimate of drug-likeness (QED) is 0.830. The van der Waals surface area contributed by atoms with Gasteiger partial charge in [-0.25, -0.2) is 4.98 Å². The van der Waals surface area contributed by atoms with Gasteiger partial charge in [-0.3, -0.25) is 14.5 Å². The third-order valence-corrected chi connectivity index (χ3v) is 3.79. The van der Waals surface area contributed by atoms with Gasteiger partial charge in [0.1, 0.15) is 5.82 Å². The molecule has 0 aliphatic heterocycles. The molecule has 0 fully saturated rings. The molecule has 0 aliphatic rings. The van der Waals surface area contributed by atoms with Crippen LogP contribution in [0.5, 0.6) is 0 Å². The summed E-state index contributed by atoms with van der Waals surface area (Å²) in [6, 6.07) is 9.10. The van der Waals surface area contributed by atoms with Crippen molar-refractivity contribution in [1.82, 2.24) is 9.88 Å². The highest BCUT2D eigenvalue weighted by Crippen LogP contribution is 2.19. The molecule has 0 aliphatic carbocycles. The minimum Gasteiger partial charge on any atom is -0.324 e. The number of hydrogen-bond donors (Lipinski definition) is 2. The number of para-hydroxylation sites is 1. The van der Waals surface area contributed by atoms with Crippen LogP contribution in [0.1, 0.15) is 11.1 Å². The lowest BCUT2D eigenvalue weighted by Crippen LogP contribution is -2.36. The summed E-state index contributed by atoms with van der Waals surface area (Å²) in [4.78, 5) is 29.8. The van der Waals surface area contributed by atoms with Crippen LogP contribution >= 0.6 is 11.6 Å². The molecule has 0 unspecified atom stereocenters. The van der Waals surface area contributed by atoms with Gasteiger partial charge in [-0.1, -0.05) is 29.8 Å². The number of nitrogens with one attached hydrogen (secondary N) is 2. The van der Waals surface area contributed by atoms with Crippen LogP contribution in [0.2, 0.25) is 5.02 Å². The number of rotatable bonds is 6. The monoisotopic (exact) mass is 360 g/mol. The lowest BCUT2D eigenvalue weighted by Gasteiger charge is -2.17. The van der Waals surface area contributed by atoms with Gasteiger partial charge in [0.05, 0.1) is 18.1 Å². The molecule has 1 heterocycles. The SMILES string of the molecule is Cc1cccc(C)c1NC(=O)CN(C)CC(=O)Nc1ccc(Cl)cn1. The zero-order chi connectivity index (χ0) is 18.4. The highest BCUT2D eigenvalue weighted by molar-refractivity contribution is 6.30. The van der Waals surface area contributed by atoms with E-state index in [1.54, 1.807) is 24.1 Å². The van der Waals surface area contributed by atoms with Crippen molar-refractivity contribution in [3.63, 3.8) is 0 Å². The summed E-state index contributed by atoms with van der Waals surface area (Å²) in [5, 5.41) is 6.06. The maximum absolute atomic E-state index is 12.2. The number of nitrogens with zero attached hydrogens (tertiary/aromatic N) is 2. The van der Waals surface area contributed by atoms with Crippen LogP contribution in [0.15, 0.2) is 36.5 Å². The van der Waals surface area contributed by atoms with E-state index < -0.39 is 0 Å². The van der Waals surface area contributed by atoms with Gasteiger partial charge in [0.2, 0.25) is 11.8 Å². The molecule has 1 aromatic carbocycles. The predicted octanol–water partition coefficient (Wildman–Crippen LogP) is 2.86. The molecule has 0 atom stereocenters. The summed E-state index contributed by atoms with van der Waals surface area (Å²) < 4.78 is 0. The molecule has 2 aromatic rings. The Morgan fingerprint density at radius 2 is 1.64 bits per heavy atom. The highest BCUT2D eigenvalue weighted by Gasteiger charge is 2.13. The number of aryl methyl sites for hydroxylation is 2. The van der Waals surface area contributed by atoms with Gasteiger partial charge in [0.25, 0.3) is 0 Å². The molecule has 2 amide bonds. The number of amides is 2. The van der Waals surface area contributed by atoms with Gasteiger partial charge in [-0.2, -0.15) is 0 Å². The van der Waals surface area contributed by atoms with E-state index in [9.17, 15) is 9.59 Å². The molecular formula is C18H21ClN4O2. The van der Waals surface area contributed by atoms with Crippen molar-refractivity contribution in [2.24, 2.45) is 0 Å². The van der Waals surface area contributed by atoms with Crippen LogP contribution < -0.4 is 10.6 Å². The van der Waals surface area contributed by atoms with Crippen molar-refractivity contribution < 1.29 is 9.59 Å². The van der Waals surface area contributed by atoms with E-state index in [2.05, 4.69) is 15.6 Å². The largest absolute Gasteiger partial charge is 0.324 e. The van der Waals surface area contributed by atoms with Crippen LogP contribution in [0.3, 0.4) is 0 Å². The third-order valence-electron chi connectivity index (χ3n) is 3.57. The normalized spacial score (nSPS) is 10.6. The Morgan fingerprint density at radius 1 is 1.04 bits per heavy atom. The Hall–Kier alpha value is -2.44. The fraction of sp³-hybridized carbons (Fsp3) is 0.278. The van der Waals surface area contributed by atoms with Crippen LogP contribution in [0, 0.1) is 13.8 Å². The summed E-state index contributed by atoms with van der Waals surface area (Å²) in [6.07, 6.45) is 1.46. The molecule has 7 heteroatoms. The highest BCUT2D eigenvalue weighted by atomic mass is 35.5. The van der Waals surface area contributed by atoms with Crippen LogP contribution in [-0.2, 0) is 9.59 Å². The van der Waals surface area contributed by atoms with Crippen LogP contribution in [0.4, 0.5) is 11.5 Å². The lowest BCUT2D eigenvalue weighted by atomic mass is 10.1. The molecule has 2 N–H and O–H groups in total. The molecule has 25 heavy (non-hydrogen) atoms. The number of hydrogen-bond acceptors (Lipinski definition) is 4. The van der Waals surface area contributed by atoms with Crippen LogP contribution in [-0.4, -0.2) is 41.8 Å². The summed E-state index contributed by atoms with van der Waals surface area (Å²) in [7, 11) is 1.71. The average molecular weight is 361 g/mol. The average Bonchev–Trinajstić information content (AvgIpc) is 2.53. The summed E-state index contributed by atoms with van der Waals surface area (Å²) in [6.45, 7) is 4.07. The zero-order valence-electron chi connectivity index (χ0n) is 14.5. The van der Waals surface area contributed by atoms with E-state index in [1.807, 2.05) is 32.0 Å². The van der Waals surface area contributed by atoms with Gasteiger partial charge in [0.15, 0.2) is 0 Å².